The van der Waals surface area contributed by atoms with E-state index in [1.807, 2.05) is 30.4 Å². The number of hydrogen-bond donors (Lipinski definition) is 3. The van der Waals surface area contributed by atoms with Crippen molar-refractivity contribution < 1.29 is 22.8 Å². The SMILES string of the molecule is CNCC1(C(=O)Nc2ccc(N3CCCCC3)cc2-c2cc(C(=O)NCc3cccc(C(F)(F)F)c3)ccn2)CC=CC=N1. The number of rotatable bonds is 9. The van der Waals surface area contributed by atoms with Crippen LogP contribution in [0.4, 0.5) is 24.5 Å². The molecule has 2 aliphatic rings. The van der Waals surface area contributed by atoms with Gasteiger partial charge in [-0.15, -0.1) is 0 Å². The van der Waals surface area contributed by atoms with Gasteiger partial charge in [-0.05, 0) is 80.4 Å². The Kier molecular flexibility index (Phi) is 9.43. The summed E-state index contributed by atoms with van der Waals surface area (Å²) in [6.45, 7) is 2.11. The van der Waals surface area contributed by atoms with E-state index in [9.17, 15) is 22.8 Å². The maximum absolute atomic E-state index is 13.7. The second-order valence-electron chi connectivity index (χ2n) is 11.0. The van der Waals surface area contributed by atoms with Crippen LogP contribution in [0.15, 0.2) is 77.9 Å². The molecule has 8 nitrogen and oxygen atoms in total. The summed E-state index contributed by atoms with van der Waals surface area (Å²) >= 11 is 0. The van der Waals surface area contributed by atoms with E-state index in [2.05, 4.69) is 30.8 Å². The Morgan fingerprint density at radius 2 is 1.84 bits per heavy atom. The van der Waals surface area contributed by atoms with Crippen molar-refractivity contribution >= 4 is 29.4 Å². The highest BCUT2D eigenvalue weighted by molar-refractivity contribution is 6.03. The van der Waals surface area contributed by atoms with E-state index in [0.717, 1.165) is 43.8 Å². The number of nitrogens with one attached hydrogen (secondary N) is 3. The van der Waals surface area contributed by atoms with Crippen molar-refractivity contribution in [3.63, 3.8) is 0 Å². The highest BCUT2D eigenvalue weighted by Gasteiger charge is 2.37. The first kappa shape index (κ1) is 30.9. The fourth-order valence-corrected chi connectivity index (χ4v) is 5.51. The van der Waals surface area contributed by atoms with Gasteiger partial charge in [0, 0.05) is 61.8 Å². The lowest BCUT2D eigenvalue weighted by Crippen LogP contribution is -2.49. The molecule has 1 fully saturated rings. The van der Waals surface area contributed by atoms with Crippen LogP contribution < -0.4 is 20.9 Å². The quantitative estimate of drug-likeness (QED) is 0.295. The number of allylic oxidation sites excluding steroid dienone is 1. The Hall–Kier alpha value is -4.51. The Morgan fingerprint density at radius 3 is 2.57 bits per heavy atom. The van der Waals surface area contributed by atoms with Crippen LogP contribution in [0.2, 0.25) is 0 Å². The number of nitrogens with zero attached hydrogens (tertiary/aromatic N) is 3. The van der Waals surface area contributed by atoms with Crippen LogP contribution >= 0.6 is 0 Å². The number of carbonyl (C=O) groups is 2. The number of halogens is 3. The monoisotopic (exact) mass is 604 g/mol. The zero-order chi connectivity index (χ0) is 31.2. The summed E-state index contributed by atoms with van der Waals surface area (Å²) in [5.41, 5.74) is 1.47. The molecule has 2 amide bonds. The van der Waals surface area contributed by atoms with Gasteiger partial charge in [0.05, 0.1) is 16.9 Å². The molecule has 11 heteroatoms. The van der Waals surface area contributed by atoms with Crippen LogP contribution in [0.1, 0.15) is 47.2 Å². The average Bonchev–Trinajstić information content (AvgIpc) is 3.04. The number of aliphatic imine (C=N–C) groups is 1. The predicted octanol–water partition coefficient (Wildman–Crippen LogP) is 5.62. The zero-order valence-electron chi connectivity index (χ0n) is 24.5. The second-order valence-corrected chi connectivity index (χ2v) is 11.0. The van der Waals surface area contributed by atoms with Gasteiger partial charge >= 0.3 is 6.18 Å². The molecule has 230 valence electrons. The Balaban J connectivity index is 1.42. The van der Waals surface area contributed by atoms with Gasteiger partial charge < -0.3 is 20.9 Å². The molecule has 0 radical (unpaired) electrons. The molecular weight excluding hydrogens is 569 g/mol. The fourth-order valence-electron chi connectivity index (χ4n) is 5.51. The van der Waals surface area contributed by atoms with Gasteiger partial charge in [0.25, 0.3) is 11.8 Å². The van der Waals surface area contributed by atoms with Crippen molar-refractivity contribution in [3.05, 3.63) is 89.6 Å². The fraction of sp³-hybridized carbons (Fsp3) is 0.333. The maximum atomic E-state index is 13.7. The van der Waals surface area contributed by atoms with Crippen molar-refractivity contribution in [1.29, 1.82) is 0 Å². The number of piperidine rings is 1. The number of dihydropyridines is 1. The number of pyridine rings is 1. The minimum Gasteiger partial charge on any atom is -0.372 e. The van der Waals surface area contributed by atoms with E-state index in [0.29, 0.717) is 35.5 Å². The molecule has 5 rings (SSSR count). The standard InChI is InChI=1S/C33H35F3N6O2/c1-37-22-32(13-3-4-14-40-32)31(44)41-28-11-10-26(42-16-5-2-6-17-42)20-27(28)29-19-24(12-15-38-29)30(43)39-21-23-8-7-9-25(18-23)33(34,35)36/h3-4,7-12,14-15,18-20,37H,2,5-6,13,16-17,21-22H2,1H3,(H,39,43)(H,41,44). The van der Waals surface area contributed by atoms with E-state index >= 15 is 0 Å². The van der Waals surface area contributed by atoms with Crippen LogP contribution in [0, 0.1) is 0 Å². The third-order valence-electron chi connectivity index (χ3n) is 7.87. The molecule has 2 aliphatic heterocycles. The summed E-state index contributed by atoms with van der Waals surface area (Å²) in [5.74, 6) is -0.727. The van der Waals surface area contributed by atoms with Crippen molar-refractivity contribution in [2.24, 2.45) is 4.99 Å². The number of likely N-dealkylation sites (N-methyl/N-ethyl adjacent to an activating group) is 1. The van der Waals surface area contributed by atoms with Crippen LogP contribution in [0.5, 0.6) is 0 Å². The molecular formula is C33H35F3N6O2. The number of amides is 2. The Bertz CT molecular complexity index is 1570. The van der Waals surface area contributed by atoms with Crippen LogP contribution in [0.3, 0.4) is 0 Å². The van der Waals surface area contributed by atoms with Gasteiger partial charge in [-0.1, -0.05) is 18.2 Å². The summed E-state index contributed by atoms with van der Waals surface area (Å²) in [4.78, 5) is 38.1. The van der Waals surface area contributed by atoms with Gasteiger partial charge in [0.2, 0.25) is 0 Å². The third-order valence-corrected chi connectivity index (χ3v) is 7.87. The molecule has 44 heavy (non-hydrogen) atoms. The lowest BCUT2D eigenvalue weighted by atomic mass is 9.92. The first-order chi connectivity index (χ1) is 21.2. The lowest BCUT2D eigenvalue weighted by molar-refractivity contribution is -0.137. The Morgan fingerprint density at radius 1 is 1.02 bits per heavy atom. The minimum absolute atomic E-state index is 0.0747. The highest BCUT2D eigenvalue weighted by atomic mass is 19.4. The first-order valence-electron chi connectivity index (χ1n) is 14.6. The summed E-state index contributed by atoms with van der Waals surface area (Å²) in [6.07, 6.45) is 6.19. The van der Waals surface area contributed by atoms with Crippen molar-refractivity contribution in [2.75, 3.05) is 36.9 Å². The molecule has 1 saturated heterocycles. The number of benzene rings is 2. The van der Waals surface area contributed by atoms with Crippen LogP contribution in [-0.4, -0.2) is 55.2 Å². The van der Waals surface area contributed by atoms with E-state index in [4.69, 9.17) is 0 Å². The van der Waals surface area contributed by atoms with Gasteiger partial charge in [-0.2, -0.15) is 13.2 Å². The molecule has 1 atom stereocenters. The number of hydrogen-bond acceptors (Lipinski definition) is 6. The normalized spacial score (nSPS) is 18.2. The molecule has 0 aliphatic carbocycles. The zero-order valence-corrected chi connectivity index (χ0v) is 24.5. The smallest absolute Gasteiger partial charge is 0.372 e. The van der Waals surface area contributed by atoms with Crippen molar-refractivity contribution in [1.82, 2.24) is 15.6 Å². The number of alkyl halides is 3. The van der Waals surface area contributed by atoms with Gasteiger partial charge in [0.1, 0.15) is 0 Å². The summed E-state index contributed by atoms with van der Waals surface area (Å²) in [5, 5.41) is 8.84. The molecule has 3 aromatic rings. The minimum atomic E-state index is -4.47. The summed E-state index contributed by atoms with van der Waals surface area (Å²) in [6, 6.07) is 13.8. The van der Waals surface area contributed by atoms with Gasteiger partial charge in [0.15, 0.2) is 5.54 Å². The topological polar surface area (TPSA) is 98.7 Å². The first-order valence-corrected chi connectivity index (χ1v) is 14.6. The van der Waals surface area contributed by atoms with E-state index < -0.39 is 23.2 Å². The number of anilines is 2. The summed E-state index contributed by atoms with van der Waals surface area (Å²) in [7, 11) is 1.77. The molecule has 3 N–H and O–H groups in total. The molecule has 3 heterocycles. The highest BCUT2D eigenvalue weighted by Crippen LogP contribution is 2.34. The van der Waals surface area contributed by atoms with Gasteiger partial charge in [-0.25, -0.2) is 0 Å². The molecule has 0 bridgehead atoms. The lowest BCUT2D eigenvalue weighted by Gasteiger charge is -2.31. The largest absolute Gasteiger partial charge is 0.416 e. The van der Waals surface area contributed by atoms with Gasteiger partial charge in [-0.3, -0.25) is 19.6 Å². The van der Waals surface area contributed by atoms with Crippen molar-refractivity contribution in [3.8, 4) is 11.3 Å². The molecule has 0 spiro atoms. The molecule has 1 aromatic heterocycles. The third kappa shape index (κ3) is 7.16. The number of aromatic nitrogens is 1. The maximum Gasteiger partial charge on any atom is 0.416 e. The molecule has 1 unspecified atom stereocenters. The van der Waals surface area contributed by atoms with Crippen molar-refractivity contribution in [2.45, 2.75) is 43.9 Å². The van der Waals surface area contributed by atoms with E-state index in [1.54, 1.807) is 25.4 Å². The molecule has 2 aromatic carbocycles. The predicted molar refractivity (Wildman–Crippen MR) is 166 cm³/mol. The van der Waals surface area contributed by atoms with Crippen LogP contribution in [-0.2, 0) is 17.5 Å². The Labute approximate surface area is 254 Å². The average molecular weight is 605 g/mol. The van der Waals surface area contributed by atoms with E-state index in [-0.39, 0.29) is 18.0 Å². The molecule has 0 saturated carbocycles. The summed E-state index contributed by atoms with van der Waals surface area (Å²) < 4.78 is 39.4. The van der Waals surface area contributed by atoms with E-state index in [1.165, 1.54) is 24.8 Å². The number of carbonyl (C=O) groups excluding carboxylic acids is 2. The van der Waals surface area contributed by atoms with Crippen LogP contribution in [0.25, 0.3) is 11.3 Å². The second kappa shape index (κ2) is 13.4.